The molecule has 0 bridgehead atoms. The molecule has 0 heterocycles. The van der Waals surface area contributed by atoms with Crippen LogP contribution in [0.3, 0.4) is 0 Å². The molecule has 0 aromatic heterocycles. The molecule has 0 aliphatic heterocycles. The predicted molar refractivity (Wildman–Crippen MR) is 190 cm³/mol. The summed E-state index contributed by atoms with van der Waals surface area (Å²) < 4.78 is 5.37. The molecule has 2 atom stereocenters. The van der Waals surface area contributed by atoms with Crippen molar-refractivity contribution in [3.05, 3.63) is 107 Å². The second kappa shape index (κ2) is 19.7. The number of carboxylic acids is 1. The second-order valence-corrected chi connectivity index (χ2v) is 13.6. The molecule has 7 nitrogen and oxygen atoms in total. The number of alkyl carbamates (subject to hydrolysis) is 1. The number of amides is 2. The molecule has 0 saturated heterocycles. The van der Waals surface area contributed by atoms with Crippen molar-refractivity contribution in [1.82, 2.24) is 10.6 Å². The molecule has 2 amide bonds. The summed E-state index contributed by atoms with van der Waals surface area (Å²) in [5, 5.41) is 15.4. The Hall–Kier alpha value is -3.78. The van der Waals surface area contributed by atoms with E-state index >= 15 is 0 Å². The maximum Gasteiger partial charge on any atom is 0.409 e. The van der Waals surface area contributed by atoms with Crippen LogP contribution in [0.25, 0.3) is 0 Å². The van der Waals surface area contributed by atoms with Crippen LogP contribution in [-0.2, 0) is 14.3 Å². The highest BCUT2D eigenvalue weighted by Gasteiger charge is 2.35. The molecule has 2 aromatic rings. The Morgan fingerprint density at radius 2 is 1.30 bits per heavy atom. The summed E-state index contributed by atoms with van der Waals surface area (Å²) in [7, 11) is 0. The highest BCUT2D eigenvalue weighted by molar-refractivity contribution is 7.81. The van der Waals surface area contributed by atoms with Gasteiger partial charge in [-0.15, -0.1) is 12.6 Å². The first-order chi connectivity index (χ1) is 21.8. The molecule has 0 aliphatic rings. The molecule has 8 heteroatoms. The van der Waals surface area contributed by atoms with Crippen LogP contribution in [0.4, 0.5) is 4.79 Å². The Bertz CT molecular complexity index is 1300. The first kappa shape index (κ1) is 38.4. The molecule has 3 N–H and O–H groups in total. The van der Waals surface area contributed by atoms with Crippen molar-refractivity contribution in [1.29, 1.82) is 0 Å². The summed E-state index contributed by atoms with van der Waals surface area (Å²) in [4.78, 5) is 38.0. The van der Waals surface area contributed by atoms with E-state index < -0.39 is 40.9 Å². The maximum atomic E-state index is 13.9. The standard InChI is InChI=1S/C38H52N2O5S/c1-27(2)17-15-19-29(4)21-16-20-28(3)18-13-14-26-32(36(42)43)39-35(41)34(40-37(44)45-38(5,6)46)33(30-22-9-7-10-23-30)31-24-11-8-12-25-31/h7-12,17-18,21-25,32-34,46H,13-16,19-20,26H2,1-6H3,(H,39,41)(H,40,44)(H,42,43)/t32-,34-/m1/s1. The van der Waals surface area contributed by atoms with Crippen LogP contribution in [0.15, 0.2) is 95.6 Å². The van der Waals surface area contributed by atoms with E-state index in [2.05, 4.69) is 69.2 Å². The van der Waals surface area contributed by atoms with Crippen LogP contribution in [0.5, 0.6) is 0 Å². The largest absolute Gasteiger partial charge is 0.480 e. The monoisotopic (exact) mass is 648 g/mol. The van der Waals surface area contributed by atoms with Crippen LogP contribution in [0.1, 0.15) is 104 Å². The van der Waals surface area contributed by atoms with Crippen molar-refractivity contribution in [2.75, 3.05) is 0 Å². The summed E-state index contributed by atoms with van der Waals surface area (Å²) in [6.45, 7) is 11.7. The van der Waals surface area contributed by atoms with Crippen LogP contribution in [0, 0.1) is 0 Å². The van der Waals surface area contributed by atoms with E-state index in [9.17, 15) is 19.5 Å². The fourth-order valence-electron chi connectivity index (χ4n) is 5.11. The number of hydrogen-bond acceptors (Lipinski definition) is 5. The molecular formula is C38H52N2O5S. The van der Waals surface area contributed by atoms with Gasteiger partial charge in [0.1, 0.15) is 12.1 Å². The molecule has 0 unspecified atom stereocenters. The Morgan fingerprint density at radius 1 is 0.804 bits per heavy atom. The average Bonchev–Trinajstić information content (AvgIpc) is 2.98. The lowest BCUT2D eigenvalue weighted by Crippen LogP contribution is -2.54. The maximum absolute atomic E-state index is 13.9. The summed E-state index contributed by atoms with van der Waals surface area (Å²) >= 11 is 4.28. The van der Waals surface area contributed by atoms with Gasteiger partial charge < -0.3 is 20.5 Å². The number of ether oxygens (including phenoxy) is 1. The number of carbonyl (C=O) groups excluding carboxylic acids is 2. The van der Waals surface area contributed by atoms with Crippen LogP contribution >= 0.6 is 12.6 Å². The van der Waals surface area contributed by atoms with Gasteiger partial charge in [0.15, 0.2) is 4.93 Å². The van der Waals surface area contributed by atoms with Crippen molar-refractivity contribution >= 4 is 30.6 Å². The number of benzene rings is 2. The number of nitrogens with one attached hydrogen (secondary N) is 2. The number of carboxylic acid groups (broad SMARTS) is 1. The number of hydrogen-bond donors (Lipinski definition) is 4. The van der Waals surface area contributed by atoms with Crippen LogP contribution < -0.4 is 10.6 Å². The summed E-state index contributed by atoms with van der Waals surface area (Å²) in [6.07, 6.45) is 11.5. The molecule has 2 aromatic carbocycles. The van der Waals surface area contributed by atoms with E-state index in [0.717, 1.165) is 36.8 Å². The first-order valence-electron chi connectivity index (χ1n) is 16.1. The zero-order valence-electron chi connectivity index (χ0n) is 28.2. The quantitative estimate of drug-likeness (QED) is 0.0560. The Morgan fingerprint density at radius 3 is 1.78 bits per heavy atom. The normalized spacial score (nSPS) is 13.5. The molecule has 2 rings (SSSR count). The minimum Gasteiger partial charge on any atom is -0.480 e. The molecule has 0 aliphatic carbocycles. The summed E-state index contributed by atoms with van der Waals surface area (Å²) in [6, 6.07) is 16.4. The fraction of sp³-hybridized carbons (Fsp3) is 0.447. The topological polar surface area (TPSA) is 105 Å². The lowest BCUT2D eigenvalue weighted by molar-refractivity contribution is -0.142. The van der Waals surface area contributed by atoms with Gasteiger partial charge in [0.25, 0.3) is 0 Å². The fourth-order valence-corrected chi connectivity index (χ4v) is 5.19. The van der Waals surface area contributed by atoms with Crippen LogP contribution in [-0.4, -0.2) is 40.1 Å². The first-order valence-corrected chi connectivity index (χ1v) is 16.5. The molecule has 0 radical (unpaired) electrons. The van der Waals surface area contributed by atoms with E-state index in [1.54, 1.807) is 13.8 Å². The van der Waals surface area contributed by atoms with Crippen molar-refractivity contribution in [2.45, 2.75) is 109 Å². The van der Waals surface area contributed by atoms with Gasteiger partial charge in [-0.25, -0.2) is 9.59 Å². The molecular weight excluding hydrogens is 596 g/mol. The van der Waals surface area contributed by atoms with Crippen molar-refractivity contribution in [2.24, 2.45) is 0 Å². The lowest BCUT2D eigenvalue weighted by atomic mass is 9.84. The van der Waals surface area contributed by atoms with Gasteiger partial charge in [-0.3, -0.25) is 4.79 Å². The van der Waals surface area contributed by atoms with E-state index in [1.807, 2.05) is 60.7 Å². The number of carbonyl (C=O) groups is 3. The van der Waals surface area contributed by atoms with E-state index in [1.165, 1.54) is 16.7 Å². The van der Waals surface area contributed by atoms with Crippen molar-refractivity contribution in [3.8, 4) is 0 Å². The van der Waals surface area contributed by atoms with Crippen molar-refractivity contribution in [3.63, 3.8) is 0 Å². The van der Waals surface area contributed by atoms with Crippen molar-refractivity contribution < 1.29 is 24.2 Å². The molecule has 46 heavy (non-hydrogen) atoms. The zero-order valence-corrected chi connectivity index (χ0v) is 29.1. The number of unbranched alkanes of at least 4 members (excludes halogenated alkanes) is 1. The third-order valence-electron chi connectivity index (χ3n) is 7.48. The number of rotatable bonds is 18. The van der Waals surface area contributed by atoms with Gasteiger partial charge in [0, 0.05) is 5.92 Å². The van der Waals surface area contributed by atoms with Gasteiger partial charge in [0.05, 0.1) is 0 Å². The minimum absolute atomic E-state index is 0.246. The Kier molecular flexibility index (Phi) is 16.4. The van der Waals surface area contributed by atoms with Crippen LogP contribution in [0.2, 0.25) is 0 Å². The predicted octanol–water partition coefficient (Wildman–Crippen LogP) is 8.74. The number of aliphatic carboxylic acids is 1. The Labute approximate surface area is 281 Å². The highest BCUT2D eigenvalue weighted by Crippen LogP contribution is 2.29. The Balaban J connectivity index is 2.14. The van der Waals surface area contributed by atoms with Gasteiger partial charge in [-0.1, -0.05) is 95.6 Å². The average molecular weight is 649 g/mol. The second-order valence-electron chi connectivity index (χ2n) is 12.5. The molecule has 0 saturated carbocycles. The van der Waals surface area contributed by atoms with E-state index in [4.69, 9.17) is 4.74 Å². The van der Waals surface area contributed by atoms with Gasteiger partial charge in [-0.05, 0) is 97.6 Å². The SMILES string of the molecule is CC(C)=CCCC(C)=CCCC(C)=CCCC[C@@H](NC(=O)[C@H](NC(=O)OC(C)(C)S)C(c1ccccc1)c1ccccc1)C(=O)O. The summed E-state index contributed by atoms with van der Waals surface area (Å²) in [5.74, 6) is -2.35. The van der Waals surface area contributed by atoms with Gasteiger partial charge >= 0.3 is 12.1 Å². The van der Waals surface area contributed by atoms with E-state index in [0.29, 0.717) is 12.8 Å². The minimum atomic E-state index is -1.16. The lowest BCUT2D eigenvalue weighted by Gasteiger charge is -2.30. The third-order valence-corrected chi connectivity index (χ3v) is 7.57. The smallest absolute Gasteiger partial charge is 0.409 e. The van der Waals surface area contributed by atoms with Gasteiger partial charge in [0.2, 0.25) is 5.91 Å². The molecule has 0 fully saturated rings. The molecule has 0 spiro atoms. The number of allylic oxidation sites excluding steroid dienone is 6. The van der Waals surface area contributed by atoms with Gasteiger partial charge in [-0.2, -0.15) is 0 Å². The number of thiol groups is 1. The molecule has 250 valence electrons. The zero-order chi connectivity index (χ0) is 34.1. The van der Waals surface area contributed by atoms with E-state index in [-0.39, 0.29) is 6.42 Å². The third kappa shape index (κ3) is 15.0. The highest BCUT2D eigenvalue weighted by atomic mass is 32.1. The summed E-state index contributed by atoms with van der Waals surface area (Å²) in [5.41, 5.74) is 5.55.